The van der Waals surface area contributed by atoms with E-state index >= 15 is 0 Å². The number of benzene rings is 2. The fourth-order valence-electron chi connectivity index (χ4n) is 3.64. The summed E-state index contributed by atoms with van der Waals surface area (Å²) in [6.45, 7) is 5.87. The van der Waals surface area contributed by atoms with Gasteiger partial charge in [0.25, 0.3) is 0 Å². The predicted molar refractivity (Wildman–Crippen MR) is 126 cm³/mol. The Hall–Kier alpha value is -3.22. The highest BCUT2D eigenvalue weighted by Crippen LogP contribution is 2.27. The highest BCUT2D eigenvalue weighted by Gasteiger charge is 2.33. The quantitative estimate of drug-likeness (QED) is 0.672. The van der Waals surface area contributed by atoms with Gasteiger partial charge in [-0.25, -0.2) is 8.42 Å². The molecule has 2 amide bonds. The maximum Gasteiger partial charge on any atom is 0.244 e. The van der Waals surface area contributed by atoms with Crippen molar-refractivity contribution in [1.82, 2.24) is 4.31 Å². The molecule has 1 aliphatic heterocycles. The highest BCUT2D eigenvalue weighted by molar-refractivity contribution is 7.89. The lowest BCUT2D eigenvalue weighted by molar-refractivity contribution is -0.121. The lowest BCUT2D eigenvalue weighted by Crippen LogP contribution is -2.41. The van der Waals surface area contributed by atoms with E-state index in [-0.39, 0.29) is 47.2 Å². The number of hydrogen-bond donors (Lipinski definition) is 2. The molecular formula is C24H28N4O4S. The van der Waals surface area contributed by atoms with Crippen molar-refractivity contribution in [1.29, 1.82) is 5.26 Å². The number of piperidine rings is 1. The Morgan fingerprint density at radius 3 is 2.39 bits per heavy atom. The summed E-state index contributed by atoms with van der Waals surface area (Å²) in [7, 11) is -3.80. The number of nitriles is 1. The molecular weight excluding hydrogens is 440 g/mol. The van der Waals surface area contributed by atoms with Gasteiger partial charge < -0.3 is 10.6 Å². The number of hydrogen-bond acceptors (Lipinski definition) is 5. The number of carbonyl (C=O) groups excluding carboxylic acids is 2. The van der Waals surface area contributed by atoms with Crippen LogP contribution >= 0.6 is 0 Å². The van der Waals surface area contributed by atoms with E-state index in [9.17, 15) is 23.3 Å². The molecule has 1 aliphatic rings. The van der Waals surface area contributed by atoms with Gasteiger partial charge in [0.05, 0.1) is 10.5 Å². The van der Waals surface area contributed by atoms with E-state index in [0.29, 0.717) is 24.2 Å². The molecule has 0 spiro atoms. The molecule has 2 N–H and O–H groups in total. The number of sulfonamides is 1. The predicted octanol–water partition coefficient (Wildman–Crippen LogP) is 3.50. The number of amides is 2. The summed E-state index contributed by atoms with van der Waals surface area (Å²) in [5, 5.41) is 15.0. The van der Waals surface area contributed by atoms with Crippen molar-refractivity contribution in [2.24, 2.45) is 11.8 Å². The molecule has 174 valence electrons. The summed E-state index contributed by atoms with van der Waals surface area (Å²) < 4.78 is 27.3. The smallest absolute Gasteiger partial charge is 0.244 e. The number of anilines is 2. The molecule has 8 nitrogen and oxygen atoms in total. The normalized spacial score (nSPS) is 15.1. The standard InChI is InChI=1S/C24H28N4O4S/c1-16(2)23(29)26-20-9-8-17(3)21(14-20)27-24(30)18-10-12-28(13-11-18)33(31,32)22-7-5-4-6-19(22)15-25/h4-9,14,16,18H,10-13H2,1-3H3,(H,26,29)(H,27,30). The van der Waals surface area contributed by atoms with E-state index in [1.165, 1.54) is 16.4 Å². The molecule has 1 saturated heterocycles. The van der Waals surface area contributed by atoms with Crippen molar-refractivity contribution in [3.8, 4) is 6.07 Å². The second kappa shape index (κ2) is 10.1. The second-order valence-corrected chi connectivity index (χ2v) is 10.4. The Kier molecular flexibility index (Phi) is 7.51. The van der Waals surface area contributed by atoms with Gasteiger partial charge in [0.2, 0.25) is 21.8 Å². The van der Waals surface area contributed by atoms with E-state index in [0.717, 1.165) is 5.56 Å². The van der Waals surface area contributed by atoms with E-state index in [4.69, 9.17) is 0 Å². The molecule has 0 unspecified atom stereocenters. The average Bonchev–Trinajstić information content (AvgIpc) is 2.81. The van der Waals surface area contributed by atoms with Crippen molar-refractivity contribution in [2.45, 2.75) is 38.5 Å². The van der Waals surface area contributed by atoms with Crippen molar-refractivity contribution >= 4 is 33.2 Å². The van der Waals surface area contributed by atoms with Crippen LogP contribution in [0.1, 0.15) is 37.8 Å². The number of carbonyl (C=O) groups is 2. The van der Waals surface area contributed by atoms with E-state index in [2.05, 4.69) is 10.6 Å². The number of rotatable bonds is 6. The minimum atomic E-state index is -3.80. The Labute approximate surface area is 194 Å². The Morgan fingerprint density at radius 1 is 1.09 bits per heavy atom. The summed E-state index contributed by atoms with van der Waals surface area (Å²) in [5.41, 5.74) is 2.18. The van der Waals surface area contributed by atoms with Crippen LogP contribution in [0.2, 0.25) is 0 Å². The fraction of sp³-hybridized carbons (Fsp3) is 0.375. The van der Waals surface area contributed by atoms with E-state index < -0.39 is 10.0 Å². The third-order valence-electron chi connectivity index (χ3n) is 5.74. The van der Waals surface area contributed by atoms with E-state index in [1.54, 1.807) is 38.1 Å². The SMILES string of the molecule is Cc1ccc(NC(=O)C(C)C)cc1NC(=O)C1CCN(S(=O)(=O)c2ccccc2C#N)CC1. The van der Waals surface area contributed by atoms with Crippen LogP contribution in [0.25, 0.3) is 0 Å². The molecule has 1 fully saturated rings. The van der Waals surface area contributed by atoms with Crippen molar-refractivity contribution < 1.29 is 18.0 Å². The van der Waals surface area contributed by atoms with Crippen LogP contribution in [-0.2, 0) is 19.6 Å². The minimum Gasteiger partial charge on any atom is -0.326 e. The largest absolute Gasteiger partial charge is 0.326 e. The lowest BCUT2D eigenvalue weighted by Gasteiger charge is -2.30. The zero-order valence-corrected chi connectivity index (χ0v) is 19.8. The third kappa shape index (κ3) is 5.59. The zero-order chi connectivity index (χ0) is 24.2. The van der Waals surface area contributed by atoms with Crippen LogP contribution in [0.3, 0.4) is 0 Å². The highest BCUT2D eigenvalue weighted by atomic mass is 32.2. The minimum absolute atomic E-state index is 0.00807. The molecule has 2 aromatic rings. The van der Waals surface area contributed by atoms with Crippen molar-refractivity contribution in [2.75, 3.05) is 23.7 Å². The van der Waals surface area contributed by atoms with Gasteiger partial charge in [-0.3, -0.25) is 9.59 Å². The molecule has 0 aromatic heterocycles. The molecule has 9 heteroatoms. The van der Waals surface area contributed by atoms with Gasteiger partial charge in [0.15, 0.2) is 0 Å². The molecule has 0 atom stereocenters. The first-order valence-corrected chi connectivity index (χ1v) is 12.3. The molecule has 2 aromatic carbocycles. The molecule has 0 bridgehead atoms. The summed E-state index contributed by atoms with van der Waals surface area (Å²) in [4.78, 5) is 24.8. The first-order chi connectivity index (χ1) is 15.6. The van der Waals surface area contributed by atoms with E-state index in [1.807, 2.05) is 19.1 Å². The van der Waals surface area contributed by atoms with Crippen LogP contribution in [0.4, 0.5) is 11.4 Å². The van der Waals surface area contributed by atoms with Gasteiger partial charge in [-0.05, 0) is 49.6 Å². The molecule has 33 heavy (non-hydrogen) atoms. The van der Waals surface area contributed by atoms with Gasteiger partial charge >= 0.3 is 0 Å². The topological polar surface area (TPSA) is 119 Å². The zero-order valence-electron chi connectivity index (χ0n) is 19.0. The first kappa shape index (κ1) is 24.4. The van der Waals surface area contributed by atoms with Crippen LogP contribution in [0, 0.1) is 30.1 Å². The molecule has 0 saturated carbocycles. The Balaban J connectivity index is 1.65. The van der Waals surface area contributed by atoms with Gasteiger partial charge in [-0.2, -0.15) is 9.57 Å². The van der Waals surface area contributed by atoms with Gasteiger partial charge in [-0.1, -0.05) is 32.0 Å². The first-order valence-electron chi connectivity index (χ1n) is 10.8. The number of aryl methyl sites for hydroxylation is 1. The Bertz CT molecular complexity index is 1190. The van der Waals surface area contributed by atoms with Crippen LogP contribution in [0.5, 0.6) is 0 Å². The fourth-order valence-corrected chi connectivity index (χ4v) is 5.25. The number of nitrogens with one attached hydrogen (secondary N) is 2. The van der Waals surface area contributed by atoms with Crippen LogP contribution < -0.4 is 10.6 Å². The van der Waals surface area contributed by atoms with Crippen molar-refractivity contribution in [3.63, 3.8) is 0 Å². The Morgan fingerprint density at radius 2 is 1.76 bits per heavy atom. The second-order valence-electron chi connectivity index (χ2n) is 8.45. The van der Waals surface area contributed by atoms with Gasteiger partial charge in [-0.15, -0.1) is 0 Å². The molecule has 3 rings (SSSR count). The van der Waals surface area contributed by atoms with Gasteiger partial charge in [0.1, 0.15) is 6.07 Å². The average molecular weight is 469 g/mol. The summed E-state index contributed by atoms with van der Waals surface area (Å²) in [6.07, 6.45) is 0.755. The van der Waals surface area contributed by atoms with Gasteiger partial charge in [0, 0.05) is 36.3 Å². The van der Waals surface area contributed by atoms with Crippen LogP contribution in [0.15, 0.2) is 47.4 Å². The summed E-state index contributed by atoms with van der Waals surface area (Å²) in [5.74, 6) is -0.788. The lowest BCUT2D eigenvalue weighted by atomic mass is 9.97. The number of nitrogens with zero attached hydrogens (tertiary/aromatic N) is 2. The van der Waals surface area contributed by atoms with Crippen molar-refractivity contribution in [3.05, 3.63) is 53.6 Å². The maximum atomic E-state index is 13.0. The van der Waals surface area contributed by atoms with Crippen LogP contribution in [-0.4, -0.2) is 37.6 Å². The molecule has 0 radical (unpaired) electrons. The summed E-state index contributed by atoms with van der Waals surface area (Å²) in [6, 6.07) is 13.4. The monoisotopic (exact) mass is 468 g/mol. The third-order valence-corrected chi connectivity index (χ3v) is 7.69. The molecule has 0 aliphatic carbocycles. The molecule has 1 heterocycles. The maximum absolute atomic E-state index is 13.0. The summed E-state index contributed by atoms with van der Waals surface area (Å²) >= 11 is 0.